The third-order valence-corrected chi connectivity index (χ3v) is 5.68. The molecule has 154 valence electrons. The summed E-state index contributed by atoms with van der Waals surface area (Å²) >= 11 is 0. The van der Waals surface area contributed by atoms with Gasteiger partial charge in [-0.2, -0.15) is 0 Å². The van der Waals surface area contributed by atoms with Crippen LogP contribution < -0.4 is 10.6 Å². The molecule has 8 nitrogen and oxygen atoms in total. The van der Waals surface area contributed by atoms with Crippen molar-refractivity contribution in [1.82, 2.24) is 15.2 Å². The minimum absolute atomic E-state index is 0.198. The number of anilines is 1. The summed E-state index contributed by atoms with van der Waals surface area (Å²) in [6, 6.07) is 13.5. The number of piperidine rings is 1. The van der Waals surface area contributed by atoms with Gasteiger partial charge in [0.05, 0.1) is 11.2 Å². The van der Waals surface area contributed by atoms with Crippen molar-refractivity contribution >= 4 is 40.2 Å². The molecule has 2 aromatic carbocycles. The molecule has 2 N–H and O–H groups in total. The number of pyridine rings is 1. The number of amides is 4. The molecule has 0 spiro atoms. The van der Waals surface area contributed by atoms with Crippen molar-refractivity contribution in [1.29, 1.82) is 0 Å². The molecule has 0 aliphatic carbocycles. The van der Waals surface area contributed by atoms with E-state index in [-0.39, 0.29) is 30.7 Å². The van der Waals surface area contributed by atoms with Crippen LogP contribution in [-0.2, 0) is 16.1 Å². The van der Waals surface area contributed by atoms with Crippen LogP contribution in [0.15, 0.2) is 54.7 Å². The van der Waals surface area contributed by atoms with E-state index in [2.05, 4.69) is 15.6 Å². The number of benzene rings is 2. The molecular weight excluding hydrogens is 396 g/mol. The van der Waals surface area contributed by atoms with Crippen LogP contribution in [0.5, 0.6) is 0 Å². The summed E-state index contributed by atoms with van der Waals surface area (Å²) in [5.74, 6) is -1.35. The van der Waals surface area contributed by atoms with Crippen LogP contribution in [0, 0.1) is 0 Å². The molecule has 31 heavy (non-hydrogen) atoms. The highest BCUT2D eigenvalue weighted by Gasteiger charge is 2.39. The molecule has 8 heteroatoms. The summed E-state index contributed by atoms with van der Waals surface area (Å²) < 4.78 is 0. The Balaban J connectivity index is 1.38. The van der Waals surface area contributed by atoms with Gasteiger partial charge in [0.2, 0.25) is 11.8 Å². The van der Waals surface area contributed by atoms with Gasteiger partial charge in [-0.25, -0.2) is 0 Å². The monoisotopic (exact) mass is 414 g/mol. The molecule has 0 radical (unpaired) electrons. The zero-order valence-electron chi connectivity index (χ0n) is 16.4. The van der Waals surface area contributed by atoms with E-state index in [4.69, 9.17) is 0 Å². The molecule has 0 saturated carbocycles. The summed E-state index contributed by atoms with van der Waals surface area (Å²) in [5, 5.41) is 6.03. The number of aromatic nitrogens is 1. The van der Waals surface area contributed by atoms with Crippen LogP contribution >= 0.6 is 0 Å². The second-order valence-corrected chi connectivity index (χ2v) is 7.60. The standard InChI is InChI=1S/C23H18N4O4/c28-20-8-7-19(22(30)26-20)27-12-14-11-13(5-6-15(14)23(27)31)21(29)25-18-9-10-24-17-4-2-1-3-16(17)18/h1-6,9-11,19H,7-8,12H2,(H,24,25,29)(H,26,28,30). The lowest BCUT2D eigenvalue weighted by atomic mass is 10.0. The largest absolute Gasteiger partial charge is 0.322 e. The fraction of sp³-hybridized carbons (Fsp3) is 0.174. The van der Waals surface area contributed by atoms with Crippen molar-refractivity contribution in [2.24, 2.45) is 0 Å². The number of fused-ring (bicyclic) bond motifs is 2. The van der Waals surface area contributed by atoms with Gasteiger partial charge in [0.25, 0.3) is 11.8 Å². The van der Waals surface area contributed by atoms with E-state index in [1.54, 1.807) is 30.5 Å². The van der Waals surface area contributed by atoms with Gasteiger partial charge in [0.15, 0.2) is 0 Å². The molecule has 5 rings (SSSR count). The Hall–Kier alpha value is -4.07. The maximum atomic E-state index is 12.9. The van der Waals surface area contributed by atoms with Crippen LogP contribution in [0.3, 0.4) is 0 Å². The van der Waals surface area contributed by atoms with Crippen LogP contribution in [0.1, 0.15) is 39.1 Å². The first-order valence-electron chi connectivity index (χ1n) is 9.94. The maximum absolute atomic E-state index is 12.9. The SMILES string of the molecule is O=C1CCC(N2Cc3cc(C(=O)Nc4ccnc5ccccc45)ccc3C2=O)C(=O)N1. The predicted molar refractivity (Wildman–Crippen MR) is 112 cm³/mol. The molecule has 1 aromatic heterocycles. The molecule has 1 saturated heterocycles. The number of hydrogen-bond donors (Lipinski definition) is 2. The second-order valence-electron chi connectivity index (χ2n) is 7.60. The molecule has 1 unspecified atom stereocenters. The van der Waals surface area contributed by atoms with E-state index in [1.165, 1.54) is 4.90 Å². The van der Waals surface area contributed by atoms with Gasteiger partial charge in [-0.3, -0.25) is 29.5 Å². The summed E-state index contributed by atoms with van der Waals surface area (Å²) in [6.07, 6.45) is 2.13. The summed E-state index contributed by atoms with van der Waals surface area (Å²) in [6.45, 7) is 0.222. The van der Waals surface area contributed by atoms with E-state index in [0.29, 0.717) is 28.8 Å². The number of carbonyl (C=O) groups is 4. The summed E-state index contributed by atoms with van der Waals surface area (Å²) in [4.78, 5) is 55.0. The van der Waals surface area contributed by atoms with Gasteiger partial charge in [0, 0.05) is 35.7 Å². The molecule has 1 atom stereocenters. The molecule has 3 aromatic rings. The van der Waals surface area contributed by atoms with Gasteiger partial charge in [-0.1, -0.05) is 18.2 Å². The first-order valence-corrected chi connectivity index (χ1v) is 9.94. The summed E-state index contributed by atoms with van der Waals surface area (Å²) in [7, 11) is 0. The first-order chi connectivity index (χ1) is 15.0. The number of rotatable bonds is 3. The number of para-hydroxylation sites is 1. The van der Waals surface area contributed by atoms with Crippen molar-refractivity contribution < 1.29 is 19.2 Å². The third-order valence-electron chi connectivity index (χ3n) is 5.68. The summed E-state index contributed by atoms with van der Waals surface area (Å²) in [5.41, 5.74) is 2.99. The minimum Gasteiger partial charge on any atom is -0.322 e. The van der Waals surface area contributed by atoms with E-state index in [0.717, 1.165) is 10.9 Å². The molecule has 3 heterocycles. The number of nitrogens with one attached hydrogen (secondary N) is 2. The van der Waals surface area contributed by atoms with Gasteiger partial charge >= 0.3 is 0 Å². The van der Waals surface area contributed by atoms with Crippen molar-refractivity contribution in [3.05, 3.63) is 71.4 Å². The van der Waals surface area contributed by atoms with E-state index in [1.807, 2.05) is 24.3 Å². The van der Waals surface area contributed by atoms with Gasteiger partial charge in [-0.15, -0.1) is 0 Å². The van der Waals surface area contributed by atoms with Crippen molar-refractivity contribution in [2.45, 2.75) is 25.4 Å². The smallest absolute Gasteiger partial charge is 0.255 e. The van der Waals surface area contributed by atoms with Crippen molar-refractivity contribution in [3.63, 3.8) is 0 Å². The van der Waals surface area contributed by atoms with Crippen molar-refractivity contribution in [3.8, 4) is 0 Å². The Morgan fingerprint density at radius 3 is 2.77 bits per heavy atom. The number of hydrogen-bond acceptors (Lipinski definition) is 5. The molecule has 2 aliphatic rings. The minimum atomic E-state index is -0.682. The lowest BCUT2D eigenvalue weighted by Crippen LogP contribution is -2.52. The average Bonchev–Trinajstić information content (AvgIpc) is 3.09. The van der Waals surface area contributed by atoms with Crippen LogP contribution in [-0.4, -0.2) is 39.6 Å². The Bertz CT molecular complexity index is 1260. The third kappa shape index (κ3) is 3.31. The zero-order chi connectivity index (χ0) is 21.5. The fourth-order valence-corrected chi connectivity index (χ4v) is 4.12. The van der Waals surface area contributed by atoms with Gasteiger partial charge in [0.1, 0.15) is 6.04 Å². The molecular formula is C23H18N4O4. The van der Waals surface area contributed by atoms with Crippen LogP contribution in [0.2, 0.25) is 0 Å². The molecule has 4 amide bonds. The lowest BCUT2D eigenvalue weighted by Gasteiger charge is -2.29. The van der Waals surface area contributed by atoms with Crippen LogP contribution in [0.25, 0.3) is 10.9 Å². The quantitative estimate of drug-likeness (QED) is 0.639. The Morgan fingerprint density at radius 2 is 1.94 bits per heavy atom. The molecule has 0 bridgehead atoms. The first kappa shape index (κ1) is 18.9. The highest BCUT2D eigenvalue weighted by Crippen LogP contribution is 2.29. The normalized spacial score (nSPS) is 18.1. The van der Waals surface area contributed by atoms with Gasteiger partial charge < -0.3 is 10.2 Å². The van der Waals surface area contributed by atoms with Gasteiger partial charge in [-0.05, 0) is 42.3 Å². The molecule has 2 aliphatic heterocycles. The van der Waals surface area contributed by atoms with Crippen LogP contribution in [0.4, 0.5) is 5.69 Å². The Morgan fingerprint density at radius 1 is 1.10 bits per heavy atom. The van der Waals surface area contributed by atoms with E-state index < -0.39 is 11.9 Å². The predicted octanol–water partition coefficient (Wildman–Crippen LogP) is 2.25. The van der Waals surface area contributed by atoms with Crippen molar-refractivity contribution in [2.75, 3.05) is 5.32 Å². The second kappa shape index (κ2) is 7.32. The highest BCUT2D eigenvalue weighted by molar-refractivity contribution is 6.10. The van der Waals surface area contributed by atoms with E-state index in [9.17, 15) is 19.2 Å². The Labute approximate surface area is 177 Å². The number of nitrogens with zero attached hydrogens (tertiary/aromatic N) is 2. The zero-order valence-corrected chi connectivity index (χ0v) is 16.4. The van der Waals surface area contributed by atoms with E-state index >= 15 is 0 Å². The number of carbonyl (C=O) groups excluding carboxylic acids is 4. The maximum Gasteiger partial charge on any atom is 0.255 e. The fourth-order valence-electron chi connectivity index (χ4n) is 4.12. The Kier molecular flexibility index (Phi) is 4.47. The lowest BCUT2D eigenvalue weighted by molar-refractivity contribution is -0.136. The number of imide groups is 1. The topological polar surface area (TPSA) is 108 Å². The molecule has 1 fully saturated rings. The highest BCUT2D eigenvalue weighted by atomic mass is 16.2. The average molecular weight is 414 g/mol.